The number of piperazine rings is 1. The highest BCUT2D eigenvalue weighted by atomic mass is 16.2. The molecule has 0 atom stereocenters. The first-order chi connectivity index (χ1) is 11.5. The summed E-state index contributed by atoms with van der Waals surface area (Å²) in [6.07, 6.45) is 0. The Morgan fingerprint density at radius 2 is 1.71 bits per heavy atom. The van der Waals surface area contributed by atoms with E-state index in [-0.39, 0.29) is 11.8 Å². The van der Waals surface area contributed by atoms with Crippen molar-refractivity contribution in [3.8, 4) is 0 Å². The van der Waals surface area contributed by atoms with Crippen LogP contribution in [0.4, 0.5) is 5.69 Å². The van der Waals surface area contributed by atoms with Gasteiger partial charge in [0.15, 0.2) is 0 Å². The molecule has 1 fully saturated rings. The van der Waals surface area contributed by atoms with Crippen molar-refractivity contribution in [2.45, 2.75) is 19.8 Å². The Bertz CT molecular complexity index is 549. The Balaban J connectivity index is 1.76. The SMILES string of the molecule is CNCC(=O)N1CCN(CC(=O)Nc2ccc(C(C)C)cc2)CC1. The van der Waals surface area contributed by atoms with Crippen molar-refractivity contribution in [1.82, 2.24) is 15.1 Å². The van der Waals surface area contributed by atoms with Gasteiger partial charge in [-0.2, -0.15) is 0 Å². The monoisotopic (exact) mass is 332 g/mol. The molecule has 0 radical (unpaired) electrons. The topological polar surface area (TPSA) is 64.7 Å². The molecule has 1 aliphatic rings. The lowest BCUT2D eigenvalue weighted by molar-refractivity contribution is -0.132. The first-order valence-electron chi connectivity index (χ1n) is 8.54. The second-order valence-electron chi connectivity index (χ2n) is 6.51. The van der Waals surface area contributed by atoms with Crippen LogP contribution in [0.15, 0.2) is 24.3 Å². The van der Waals surface area contributed by atoms with Gasteiger partial charge in [-0.15, -0.1) is 0 Å². The fourth-order valence-corrected chi connectivity index (χ4v) is 2.77. The molecule has 2 rings (SSSR count). The fraction of sp³-hybridized carbons (Fsp3) is 0.556. The van der Waals surface area contributed by atoms with Gasteiger partial charge >= 0.3 is 0 Å². The highest BCUT2D eigenvalue weighted by Gasteiger charge is 2.21. The minimum atomic E-state index is -0.0118. The summed E-state index contributed by atoms with van der Waals surface area (Å²) in [5.74, 6) is 0.589. The van der Waals surface area contributed by atoms with Crippen LogP contribution >= 0.6 is 0 Å². The standard InChI is InChI=1S/C18H28N4O2/c1-14(2)15-4-6-16(7-5-15)20-17(23)13-21-8-10-22(11-9-21)18(24)12-19-3/h4-7,14,19H,8-13H2,1-3H3,(H,20,23). The second-order valence-corrected chi connectivity index (χ2v) is 6.51. The first kappa shape index (κ1) is 18.4. The number of hydrogen-bond donors (Lipinski definition) is 2. The van der Waals surface area contributed by atoms with E-state index in [0.717, 1.165) is 18.8 Å². The molecule has 2 amide bonds. The largest absolute Gasteiger partial charge is 0.339 e. The lowest BCUT2D eigenvalue weighted by Gasteiger charge is -2.34. The Hall–Kier alpha value is -1.92. The van der Waals surface area contributed by atoms with Crippen molar-refractivity contribution in [1.29, 1.82) is 0 Å². The van der Waals surface area contributed by atoms with Gasteiger partial charge in [-0.05, 0) is 30.7 Å². The summed E-state index contributed by atoms with van der Waals surface area (Å²) in [6.45, 7) is 7.84. The third-order valence-corrected chi connectivity index (χ3v) is 4.28. The molecule has 0 spiro atoms. The Labute approximate surface area is 144 Å². The van der Waals surface area contributed by atoms with Gasteiger partial charge < -0.3 is 15.5 Å². The third-order valence-electron chi connectivity index (χ3n) is 4.28. The van der Waals surface area contributed by atoms with Crippen molar-refractivity contribution >= 4 is 17.5 Å². The predicted octanol–water partition coefficient (Wildman–Crippen LogP) is 1.11. The van der Waals surface area contributed by atoms with Gasteiger partial charge in [0.2, 0.25) is 11.8 Å². The minimum absolute atomic E-state index is 0.0118. The maximum Gasteiger partial charge on any atom is 0.238 e. The Morgan fingerprint density at radius 1 is 1.08 bits per heavy atom. The highest BCUT2D eigenvalue weighted by molar-refractivity contribution is 5.92. The molecule has 1 heterocycles. The average molecular weight is 332 g/mol. The smallest absolute Gasteiger partial charge is 0.238 e. The molecule has 0 aromatic heterocycles. The summed E-state index contributed by atoms with van der Waals surface area (Å²) in [7, 11) is 1.77. The molecule has 0 saturated carbocycles. The molecule has 0 aliphatic carbocycles. The van der Waals surface area contributed by atoms with Gasteiger partial charge in [0.05, 0.1) is 13.1 Å². The van der Waals surface area contributed by atoms with E-state index in [0.29, 0.717) is 32.1 Å². The van der Waals surface area contributed by atoms with Crippen molar-refractivity contribution in [3.63, 3.8) is 0 Å². The number of nitrogens with one attached hydrogen (secondary N) is 2. The normalized spacial score (nSPS) is 15.6. The van der Waals surface area contributed by atoms with Crippen LogP contribution in [0.2, 0.25) is 0 Å². The molecule has 6 heteroatoms. The zero-order chi connectivity index (χ0) is 17.5. The summed E-state index contributed by atoms with van der Waals surface area (Å²) in [5.41, 5.74) is 2.09. The van der Waals surface area contributed by atoms with Gasteiger partial charge in [0.25, 0.3) is 0 Å². The maximum atomic E-state index is 12.2. The Morgan fingerprint density at radius 3 is 2.25 bits per heavy atom. The van der Waals surface area contributed by atoms with Gasteiger partial charge in [-0.3, -0.25) is 14.5 Å². The minimum Gasteiger partial charge on any atom is -0.339 e. The first-order valence-corrected chi connectivity index (χ1v) is 8.54. The van der Waals surface area contributed by atoms with Crippen LogP contribution in [0.25, 0.3) is 0 Å². The number of rotatable bonds is 6. The van der Waals surface area contributed by atoms with Crippen molar-refractivity contribution in [2.75, 3.05) is 51.6 Å². The number of carbonyl (C=O) groups excluding carboxylic acids is 2. The van der Waals surface area contributed by atoms with Crippen LogP contribution in [0, 0.1) is 0 Å². The number of likely N-dealkylation sites (N-methyl/N-ethyl adjacent to an activating group) is 1. The van der Waals surface area contributed by atoms with Crippen molar-refractivity contribution in [3.05, 3.63) is 29.8 Å². The van der Waals surface area contributed by atoms with Gasteiger partial charge in [0, 0.05) is 31.9 Å². The molecule has 1 saturated heterocycles. The van der Waals surface area contributed by atoms with Crippen LogP contribution in [0.5, 0.6) is 0 Å². The summed E-state index contributed by atoms with van der Waals surface area (Å²) in [5, 5.41) is 5.82. The van der Waals surface area contributed by atoms with Crippen LogP contribution in [0.1, 0.15) is 25.3 Å². The molecule has 0 unspecified atom stereocenters. The van der Waals surface area contributed by atoms with E-state index in [1.54, 1.807) is 7.05 Å². The molecule has 0 bridgehead atoms. The second kappa shape index (κ2) is 8.80. The number of hydrogen-bond acceptors (Lipinski definition) is 4. The maximum absolute atomic E-state index is 12.2. The van der Waals surface area contributed by atoms with Crippen LogP contribution < -0.4 is 10.6 Å². The summed E-state index contributed by atoms with van der Waals surface area (Å²) >= 11 is 0. The molecule has 132 valence electrons. The van der Waals surface area contributed by atoms with E-state index in [1.807, 2.05) is 29.2 Å². The number of carbonyl (C=O) groups is 2. The van der Waals surface area contributed by atoms with Crippen molar-refractivity contribution in [2.24, 2.45) is 0 Å². The lowest BCUT2D eigenvalue weighted by Crippen LogP contribution is -2.51. The van der Waals surface area contributed by atoms with Crippen molar-refractivity contribution < 1.29 is 9.59 Å². The van der Waals surface area contributed by atoms with Crippen LogP contribution in [0.3, 0.4) is 0 Å². The molecule has 1 aliphatic heterocycles. The van der Waals surface area contributed by atoms with E-state index >= 15 is 0 Å². The molecule has 24 heavy (non-hydrogen) atoms. The number of benzene rings is 1. The summed E-state index contributed by atoms with van der Waals surface area (Å²) < 4.78 is 0. The molecular weight excluding hydrogens is 304 g/mol. The molecule has 1 aromatic rings. The van der Waals surface area contributed by atoms with E-state index in [4.69, 9.17) is 0 Å². The number of amides is 2. The zero-order valence-electron chi connectivity index (χ0n) is 14.8. The van der Waals surface area contributed by atoms with Crippen LogP contribution in [-0.2, 0) is 9.59 Å². The van der Waals surface area contributed by atoms with E-state index in [1.165, 1.54) is 5.56 Å². The Kier molecular flexibility index (Phi) is 6.75. The van der Waals surface area contributed by atoms with Gasteiger partial charge in [0.1, 0.15) is 0 Å². The molecule has 6 nitrogen and oxygen atoms in total. The number of nitrogens with zero attached hydrogens (tertiary/aromatic N) is 2. The van der Waals surface area contributed by atoms with Gasteiger partial charge in [-0.1, -0.05) is 26.0 Å². The fourth-order valence-electron chi connectivity index (χ4n) is 2.77. The van der Waals surface area contributed by atoms with E-state index in [2.05, 4.69) is 29.4 Å². The average Bonchev–Trinajstić information content (AvgIpc) is 2.56. The highest BCUT2D eigenvalue weighted by Crippen LogP contribution is 2.17. The predicted molar refractivity (Wildman–Crippen MR) is 96.1 cm³/mol. The number of anilines is 1. The molecule has 1 aromatic carbocycles. The summed E-state index contributed by atoms with van der Waals surface area (Å²) in [6, 6.07) is 7.99. The van der Waals surface area contributed by atoms with E-state index in [9.17, 15) is 9.59 Å². The third kappa shape index (κ3) is 5.32. The van der Waals surface area contributed by atoms with Gasteiger partial charge in [-0.25, -0.2) is 0 Å². The summed E-state index contributed by atoms with van der Waals surface area (Å²) in [4.78, 5) is 27.9. The molecular formula is C18H28N4O2. The quantitative estimate of drug-likeness (QED) is 0.819. The van der Waals surface area contributed by atoms with E-state index < -0.39 is 0 Å². The van der Waals surface area contributed by atoms with Crippen LogP contribution in [-0.4, -0.2) is 67.9 Å². The zero-order valence-corrected chi connectivity index (χ0v) is 14.8. The lowest BCUT2D eigenvalue weighted by atomic mass is 10.0. The molecule has 2 N–H and O–H groups in total.